The summed E-state index contributed by atoms with van der Waals surface area (Å²) in [5.74, 6) is 1.87. The van der Waals surface area contributed by atoms with Crippen molar-refractivity contribution >= 4 is 17.2 Å². The van der Waals surface area contributed by atoms with Crippen LogP contribution in [0.3, 0.4) is 0 Å². The Hall–Kier alpha value is -2.94. The maximum atomic E-state index is 9.12. The van der Waals surface area contributed by atoms with Crippen LogP contribution in [0, 0.1) is 11.3 Å². The predicted molar refractivity (Wildman–Crippen MR) is 78.7 cm³/mol. The van der Waals surface area contributed by atoms with Crippen LogP contribution in [0.4, 0.5) is 17.2 Å². The van der Waals surface area contributed by atoms with Gasteiger partial charge < -0.3 is 20.5 Å². The average Bonchev–Trinajstić information content (AvgIpc) is 2.74. The van der Waals surface area contributed by atoms with E-state index in [1.165, 1.54) is 6.20 Å². The molecule has 1 aliphatic heterocycles. The SMILES string of the molecule is N#Cc1cc(N)cnc1Nc1ccc2c(c1)OCCCO2. The van der Waals surface area contributed by atoms with E-state index in [0.29, 0.717) is 36.0 Å². The molecule has 0 saturated carbocycles. The number of nitriles is 1. The van der Waals surface area contributed by atoms with E-state index in [0.717, 1.165) is 17.9 Å². The number of nitrogens with two attached hydrogens (primary N) is 1. The summed E-state index contributed by atoms with van der Waals surface area (Å²) in [6, 6.07) is 9.18. The molecule has 106 valence electrons. The molecule has 2 heterocycles. The lowest BCUT2D eigenvalue weighted by molar-refractivity contribution is 0.297. The zero-order chi connectivity index (χ0) is 14.7. The van der Waals surface area contributed by atoms with Gasteiger partial charge in [0, 0.05) is 18.2 Å². The molecule has 0 unspecified atom stereocenters. The number of ether oxygens (including phenoxy) is 2. The van der Waals surface area contributed by atoms with E-state index in [-0.39, 0.29) is 0 Å². The van der Waals surface area contributed by atoms with Gasteiger partial charge in [-0.3, -0.25) is 0 Å². The zero-order valence-electron chi connectivity index (χ0n) is 11.3. The Labute approximate surface area is 122 Å². The third-order valence-corrected chi connectivity index (χ3v) is 3.04. The summed E-state index contributed by atoms with van der Waals surface area (Å²) in [5, 5.41) is 12.2. The molecule has 0 saturated heterocycles. The highest BCUT2D eigenvalue weighted by atomic mass is 16.5. The fraction of sp³-hybridized carbons (Fsp3) is 0.200. The lowest BCUT2D eigenvalue weighted by atomic mass is 10.2. The number of aromatic nitrogens is 1. The Kier molecular flexibility index (Phi) is 3.48. The maximum Gasteiger partial charge on any atom is 0.163 e. The molecule has 0 fully saturated rings. The summed E-state index contributed by atoms with van der Waals surface area (Å²) in [5.41, 5.74) is 7.24. The second kappa shape index (κ2) is 5.59. The summed E-state index contributed by atoms with van der Waals surface area (Å²) in [6.45, 7) is 1.28. The Morgan fingerprint density at radius 3 is 2.81 bits per heavy atom. The highest BCUT2D eigenvalue weighted by molar-refractivity contribution is 5.67. The average molecular weight is 282 g/mol. The number of hydrogen-bond donors (Lipinski definition) is 2. The first-order valence-corrected chi connectivity index (χ1v) is 6.58. The van der Waals surface area contributed by atoms with Gasteiger partial charge in [0.15, 0.2) is 11.5 Å². The summed E-state index contributed by atoms with van der Waals surface area (Å²) in [6.07, 6.45) is 2.36. The van der Waals surface area contributed by atoms with Crippen molar-refractivity contribution in [2.75, 3.05) is 24.3 Å². The molecule has 3 N–H and O–H groups in total. The molecule has 6 heteroatoms. The van der Waals surface area contributed by atoms with E-state index in [2.05, 4.69) is 16.4 Å². The van der Waals surface area contributed by atoms with E-state index >= 15 is 0 Å². The van der Waals surface area contributed by atoms with Crippen LogP contribution in [0.25, 0.3) is 0 Å². The molecule has 1 aliphatic rings. The van der Waals surface area contributed by atoms with Crippen LogP contribution < -0.4 is 20.5 Å². The van der Waals surface area contributed by atoms with Crippen LogP contribution in [0.2, 0.25) is 0 Å². The van der Waals surface area contributed by atoms with E-state index < -0.39 is 0 Å². The molecule has 0 atom stereocenters. The van der Waals surface area contributed by atoms with Crippen molar-refractivity contribution in [3.63, 3.8) is 0 Å². The summed E-state index contributed by atoms with van der Waals surface area (Å²) in [7, 11) is 0. The van der Waals surface area contributed by atoms with Gasteiger partial charge in [-0.1, -0.05) is 0 Å². The fourth-order valence-corrected chi connectivity index (χ4v) is 2.04. The molecule has 0 amide bonds. The lowest BCUT2D eigenvalue weighted by Crippen LogP contribution is -1.99. The van der Waals surface area contributed by atoms with Crippen molar-refractivity contribution in [3.05, 3.63) is 36.0 Å². The lowest BCUT2D eigenvalue weighted by Gasteiger charge is -2.11. The minimum atomic E-state index is 0.391. The van der Waals surface area contributed by atoms with Gasteiger partial charge >= 0.3 is 0 Å². The molecule has 0 spiro atoms. The third kappa shape index (κ3) is 2.82. The minimum absolute atomic E-state index is 0.391. The van der Waals surface area contributed by atoms with Crippen LogP contribution in [0.15, 0.2) is 30.5 Å². The largest absolute Gasteiger partial charge is 0.490 e. The second-order valence-corrected chi connectivity index (χ2v) is 4.61. The van der Waals surface area contributed by atoms with Gasteiger partial charge in [-0.2, -0.15) is 5.26 Å². The molecule has 21 heavy (non-hydrogen) atoms. The smallest absolute Gasteiger partial charge is 0.163 e. The van der Waals surface area contributed by atoms with Crippen LogP contribution >= 0.6 is 0 Å². The molecule has 0 aliphatic carbocycles. The highest BCUT2D eigenvalue weighted by Gasteiger charge is 2.12. The number of benzene rings is 1. The van der Waals surface area contributed by atoms with E-state index in [4.69, 9.17) is 20.5 Å². The van der Waals surface area contributed by atoms with Gasteiger partial charge in [0.1, 0.15) is 11.9 Å². The minimum Gasteiger partial charge on any atom is -0.490 e. The third-order valence-electron chi connectivity index (χ3n) is 3.04. The van der Waals surface area contributed by atoms with Gasteiger partial charge in [0.05, 0.1) is 30.7 Å². The van der Waals surface area contributed by atoms with Crippen molar-refractivity contribution in [1.29, 1.82) is 5.26 Å². The number of nitrogens with zero attached hydrogens (tertiary/aromatic N) is 2. The van der Waals surface area contributed by atoms with Crippen molar-refractivity contribution in [1.82, 2.24) is 4.98 Å². The highest BCUT2D eigenvalue weighted by Crippen LogP contribution is 2.33. The van der Waals surface area contributed by atoms with Crippen LogP contribution in [0.1, 0.15) is 12.0 Å². The molecule has 3 rings (SSSR count). The molecule has 1 aromatic carbocycles. The number of nitrogens with one attached hydrogen (secondary N) is 1. The summed E-state index contributed by atoms with van der Waals surface area (Å²) < 4.78 is 11.2. The number of pyridine rings is 1. The molecule has 1 aromatic heterocycles. The molecule has 0 bridgehead atoms. The van der Waals surface area contributed by atoms with Gasteiger partial charge in [0.2, 0.25) is 0 Å². The monoisotopic (exact) mass is 282 g/mol. The van der Waals surface area contributed by atoms with Crippen LogP contribution in [-0.2, 0) is 0 Å². The van der Waals surface area contributed by atoms with E-state index in [9.17, 15) is 0 Å². The van der Waals surface area contributed by atoms with Crippen molar-refractivity contribution in [3.8, 4) is 17.6 Å². The normalized spacial score (nSPS) is 13.1. The second-order valence-electron chi connectivity index (χ2n) is 4.61. The number of anilines is 3. The first kappa shape index (κ1) is 13.1. The molecular weight excluding hydrogens is 268 g/mol. The van der Waals surface area contributed by atoms with E-state index in [1.807, 2.05) is 18.2 Å². The maximum absolute atomic E-state index is 9.12. The topological polar surface area (TPSA) is 93.2 Å². The molecule has 6 nitrogen and oxygen atoms in total. The van der Waals surface area contributed by atoms with Gasteiger partial charge in [-0.15, -0.1) is 0 Å². The number of nitrogen functional groups attached to an aromatic ring is 1. The first-order chi connectivity index (χ1) is 10.3. The number of fused-ring (bicyclic) bond motifs is 1. The first-order valence-electron chi connectivity index (χ1n) is 6.58. The van der Waals surface area contributed by atoms with Crippen LogP contribution in [-0.4, -0.2) is 18.2 Å². The Morgan fingerprint density at radius 2 is 2.00 bits per heavy atom. The molecular formula is C15H14N4O2. The Bertz CT molecular complexity index is 709. The van der Waals surface area contributed by atoms with E-state index in [1.54, 1.807) is 6.07 Å². The van der Waals surface area contributed by atoms with Gasteiger partial charge in [-0.25, -0.2) is 4.98 Å². The fourth-order valence-electron chi connectivity index (χ4n) is 2.04. The van der Waals surface area contributed by atoms with Crippen LogP contribution in [0.5, 0.6) is 11.5 Å². The van der Waals surface area contributed by atoms with Gasteiger partial charge in [-0.05, 0) is 18.2 Å². The Morgan fingerprint density at radius 1 is 1.19 bits per heavy atom. The summed E-state index contributed by atoms with van der Waals surface area (Å²) >= 11 is 0. The molecule has 2 aromatic rings. The Balaban J connectivity index is 1.89. The van der Waals surface area contributed by atoms with Gasteiger partial charge in [0.25, 0.3) is 0 Å². The molecule has 0 radical (unpaired) electrons. The quantitative estimate of drug-likeness (QED) is 0.878. The van der Waals surface area contributed by atoms with Crippen molar-refractivity contribution < 1.29 is 9.47 Å². The van der Waals surface area contributed by atoms with Crippen molar-refractivity contribution in [2.45, 2.75) is 6.42 Å². The summed E-state index contributed by atoms with van der Waals surface area (Å²) in [4.78, 5) is 4.14. The number of rotatable bonds is 2. The standard InChI is InChI=1S/C15H14N4O2/c16-8-10-6-11(17)9-18-15(10)19-12-2-3-13-14(7-12)21-5-1-4-20-13/h2-3,6-7,9H,1,4-5,17H2,(H,18,19). The zero-order valence-corrected chi connectivity index (χ0v) is 11.3. The predicted octanol–water partition coefficient (Wildman–Crippen LogP) is 2.44. The number of hydrogen-bond acceptors (Lipinski definition) is 6. The van der Waals surface area contributed by atoms with Crippen molar-refractivity contribution in [2.24, 2.45) is 0 Å².